The van der Waals surface area contributed by atoms with Crippen LogP contribution in [0.25, 0.3) is 10.6 Å². The van der Waals surface area contributed by atoms with Crippen LogP contribution in [0.2, 0.25) is 5.02 Å². The molecule has 31 heavy (non-hydrogen) atoms. The lowest BCUT2D eigenvalue weighted by Gasteiger charge is -2.11. The number of hydrogen-bond donors (Lipinski definition) is 1. The standard InChI is InChI=1S/C21H17ClF3NO3S2/c1-11-7-17(15(22)8-16(11)29-9-19(27)28)30-10-18-12(2)26-20(31-18)13-5-3-4-6-14(13)21(23,24)25/h3-8H,9-10H2,1-2H3,(H,27,28). The van der Waals surface area contributed by atoms with Gasteiger partial charge in [0.15, 0.2) is 6.61 Å². The molecule has 0 saturated carbocycles. The summed E-state index contributed by atoms with van der Waals surface area (Å²) in [6.45, 7) is 3.08. The molecule has 164 valence electrons. The Morgan fingerprint density at radius 3 is 2.65 bits per heavy atom. The lowest BCUT2D eigenvalue weighted by molar-refractivity contribution is -0.139. The van der Waals surface area contributed by atoms with Gasteiger partial charge in [0.1, 0.15) is 10.8 Å². The van der Waals surface area contributed by atoms with Crippen molar-refractivity contribution in [2.75, 3.05) is 6.61 Å². The van der Waals surface area contributed by atoms with Crippen LogP contribution in [0.4, 0.5) is 13.2 Å². The van der Waals surface area contributed by atoms with Crippen LogP contribution in [-0.2, 0) is 16.7 Å². The van der Waals surface area contributed by atoms with Crippen LogP contribution in [0.1, 0.15) is 21.7 Å². The Hall–Kier alpha value is -2.23. The van der Waals surface area contributed by atoms with E-state index in [2.05, 4.69) is 4.98 Å². The summed E-state index contributed by atoms with van der Waals surface area (Å²) in [5.74, 6) is -0.221. The van der Waals surface area contributed by atoms with E-state index in [1.165, 1.54) is 35.2 Å². The number of rotatable bonds is 7. The molecule has 1 N–H and O–H groups in total. The molecular weight excluding hydrogens is 471 g/mol. The number of carboxylic acids is 1. The number of carboxylic acid groups (broad SMARTS) is 1. The Bertz CT molecular complexity index is 1120. The molecule has 0 radical (unpaired) electrons. The molecule has 0 unspecified atom stereocenters. The van der Waals surface area contributed by atoms with Gasteiger partial charge >= 0.3 is 12.1 Å². The highest BCUT2D eigenvalue weighted by Crippen LogP contribution is 2.41. The van der Waals surface area contributed by atoms with Gasteiger partial charge < -0.3 is 9.84 Å². The molecular formula is C21H17ClF3NO3S2. The molecule has 3 aromatic rings. The van der Waals surface area contributed by atoms with Crippen LogP contribution < -0.4 is 4.74 Å². The van der Waals surface area contributed by atoms with Gasteiger partial charge in [-0.3, -0.25) is 0 Å². The first-order chi connectivity index (χ1) is 14.6. The molecule has 0 spiro atoms. The fourth-order valence-corrected chi connectivity index (χ4v) is 5.36. The summed E-state index contributed by atoms with van der Waals surface area (Å²) < 4.78 is 45.2. The van der Waals surface area contributed by atoms with Crippen LogP contribution in [0.3, 0.4) is 0 Å². The van der Waals surface area contributed by atoms with Crippen molar-refractivity contribution < 1.29 is 27.8 Å². The number of nitrogens with zero attached hydrogens (tertiary/aromatic N) is 1. The fraction of sp³-hybridized carbons (Fsp3) is 0.238. The van der Waals surface area contributed by atoms with E-state index in [0.29, 0.717) is 27.2 Å². The highest BCUT2D eigenvalue weighted by atomic mass is 35.5. The molecule has 0 aliphatic heterocycles. The SMILES string of the molecule is Cc1cc(SCc2sc(-c3ccccc3C(F)(F)F)nc2C)c(Cl)cc1OCC(=O)O. The second kappa shape index (κ2) is 9.50. The second-order valence-electron chi connectivity index (χ2n) is 6.59. The van der Waals surface area contributed by atoms with Crippen LogP contribution in [-0.4, -0.2) is 22.7 Å². The van der Waals surface area contributed by atoms with E-state index in [1.807, 2.05) is 0 Å². The topological polar surface area (TPSA) is 59.4 Å². The summed E-state index contributed by atoms with van der Waals surface area (Å²) in [7, 11) is 0. The quantitative estimate of drug-likeness (QED) is 0.369. The molecule has 0 aliphatic carbocycles. The summed E-state index contributed by atoms with van der Waals surface area (Å²) >= 11 is 8.96. The normalized spacial score (nSPS) is 11.5. The number of hydrogen-bond acceptors (Lipinski definition) is 5. The maximum atomic E-state index is 13.3. The molecule has 0 fully saturated rings. The van der Waals surface area contributed by atoms with Gasteiger partial charge in [0.2, 0.25) is 0 Å². The Morgan fingerprint density at radius 1 is 1.26 bits per heavy atom. The van der Waals surface area contributed by atoms with E-state index in [9.17, 15) is 18.0 Å². The average molecular weight is 488 g/mol. The molecule has 4 nitrogen and oxygen atoms in total. The average Bonchev–Trinajstić information content (AvgIpc) is 3.07. The second-order valence-corrected chi connectivity index (χ2v) is 9.10. The number of thioether (sulfide) groups is 1. The van der Waals surface area contributed by atoms with Gasteiger partial charge in [0.05, 0.1) is 16.3 Å². The highest BCUT2D eigenvalue weighted by molar-refractivity contribution is 7.98. The Morgan fingerprint density at radius 2 is 1.97 bits per heavy atom. The maximum Gasteiger partial charge on any atom is 0.417 e. The third kappa shape index (κ3) is 5.72. The number of benzene rings is 2. The smallest absolute Gasteiger partial charge is 0.417 e. The fourth-order valence-electron chi connectivity index (χ4n) is 2.78. The Balaban J connectivity index is 1.80. The number of aliphatic carboxylic acids is 1. The predicted octanol–water partition coefficient (Wildman–Crippen LogP) is 6.85. The Kier molecular flexibility index (Phi) is 7.18. The van der Waals surface area contributed by atoms with Crippen LogP contribution in [0.5, 0.6) is 5.75 Å². The minimum atomic E-state index is -4.46. The maximum absolute atomic E-state index is 13.3. The van der Waals surface area contributed by atoms with Crippen molar-refractivity contribution in [3.05, 3.63) is 63.1 Å². The number of thiazole rings is 1. The molecule has 0 aliphatic rings. The van der Waals surface area contributed by atoms with Gasteiger partial charge in [-0.2, -0.15) is 13.2 Å². The number of halogens is 4. The largest absolute Gasteiger partial charge is 0.482 e. The molecule has 1 aromatic heterocycles. The highest BCUT2D eigenvalue weighted by Gasteiger charge is 2.34. The van der Waals surface area contributed by atoms with Crippen molar-refractivity contribution in [3.8, 4) is 16.3 Å². The van der Waals surface area contributed by atoms with E-state index in [0.717, 1.165) is 21.4 Å². The van der Waals surface area contributed by atoms with Crippen molar-refractivity contribution in [2.45, 2.75) is 30.7 Å². The minimum absolute atomic E-state index is 0.0631. The number of alkyl halides is 3. The lowest BCUT2D eigenvalue weighted by atomic mass is 10.1. The van der Waals surface area contributed by atoms with Crippen LogP contribution in [0, 0.1) is 13.8 Å². The first-order valence-corrected chi connectivity index (χ1v) is 11.1. The molecule has 1 heterocycles. The lowest BCUT2D eigenvalue weighted by Crippen LogP contribution is -2.10. The van der Waals surface area contributed by atoms with E-state index >= 15 is 0 Å². The first-order valence-electron chi connectivity index (χ1n) is 8.96. The molecule has 3 rings (SSSR count). The summed E-state index contributed by atoms with van der Waals surface area (Å²) in [4.78, 5) is 16.6. The van der Waals surface area contributed by atoms with Crippen molar-refractivity contribution >= 4 is 40.7 Å². The van der Waals surface area contributed by atoms with Gasteiger partial charge in [0, 0.05) is 27.2 Å². The number of aromatic nitrogens is 1. The summed E-state index contributed by atoms with van der Waals surface area (Å²) in [6, 6.07) is 8.75. The zero-order valence-corrected chi connectivity index (χ0v) is 18.8. The molecule has 10 heteroatoms. The minimum Gasteiger partial charge on any atom is -0.482 e. The Labute approximate surface area is 190 Å². The third-order valence-electron chi connectivity index (χ3n) is 4.29. The molecule has 0 saturated heterocycles. The van der Waals surface area contributed by atoms with Gasteiger partial charge in [-0.15, -0.1) is 23.1 Å². The number of ether oxygens (including phenoxy) is 1. The first kappa shape index (κ1) is 23.4. The van der Waals surface area contributed by atoms with E-state index in [1.54, 1.807) is 32.0 Å². The van der Waals surface area contributed by atoms with E-state index < -0.39 is 24.3 Å². The van der Waals surface area contributed by atoms with Gasteiger partial charge in [-0.25, -0.2) is 9.78 Å². The van der Waals surface area contributed by atoms with E-state index in [4.69, 9.17) is 21.4 Å². The van der Waals surface area contributed by atoms with Crippen molar-refractivity contribution in [2.24, 2.45) is 0 Å². The summed E-state index contributed by atoms with van der Waals surface area (Å²) in [5.41, 5.74) is 0.749. The van der Waals surface area contributed by atoms with Crippen molar-refractivity contribution in [1.29, 1.82) is 0 Å². The molecule has 0 bridgehead atoms. The third-order valence-corrected chi connectivity index (χ3v) is 7.17. The zero-order valence-electron chi connectivity index (χ0n) is 16.4. The molecule has 0 amide bonds. The molecule has 0 atom stereocenters. The van der Waals surface area contributed by atoms with Crippen molar-refractivity contribution in [1.82, 2.24) is 4.98 Å². The predicted molar refractivity (Wildman–Crippen MR) is 116 cm³/mol. The van der Waals surface area contributed by atoms with Gasteiger partial charge in [-0.1, -0.05) is 29.8 Å². The van der Waals surface area contributed by atoms with Gasteiger partial charge in [0.25, 0.3) is 0 Å². The summed E-state index contributed by atoms with van der Waals surface area (Å²) in [5, 5.41) is 9.47. The molecule has 2 aromatic carbocycles. The van der Waals surface area contributed by atoms with Crippen molar-refractivity contribution in [3.63, 3.8) is 0 Å². The summed E-state index contributed by atoms with van der Waals surface area (Å²) in [6.07, 6.45) is -4.46. The number of carbonyl (C=O) groups is 1. The van der Waals surface area contributed by atoms with Crippen LogP contribution >= 0.6 is 34.7 Å². The monoisotopic (exact) mass is 487 g/mol. The van der Waals surface area contributed by atoms with E-state index in [-0.39, 0.29) is 5.56 Å². The van der Waals surface area contributed by atoms with Gasteiger partial charge in [-0.05, 0) is 31.5 Å². The van der Waals surface area contributed by atoms with Crippen LogP contribution in [0.15, 0.2) is 41.3 Å². The number of aryl methyl sites for hydroxylation is 2. The zero-order chi connectivity index (χ0) is 22.8.